The van der Waals surface area contributed by atoms with Gasteiger partial charge in [0.2, 0.25) is 0 Å². The molecule has 0 saturated carbocycles. The predicted octanol–water partition coefficient (Wildman–Crippen LogP) is 1.04. The standard InChI is InChI=1S/C11H16N2O2/c1-9-3-5-12-7-10(9)8-13-6-4-11(14)15-2/h3,5,7,13H,4,6,8H2,1-2H3. The number of hydrogen-bond donors (Lipinski definition) is 1. The van der Waals surface area contributed by atoms with Crippen LogP contribution in [-0.4, -0.2) is 24.6 Å². The minimum atomic E-state index is -0.189. The molecule has 0 unspecified atom stereocenters. The van der Waals surface area contributed by atoms with Gasteiger partial charge in [0.15, 0.2) is 0 Å². The molecule has 0 radical (unpaired) electrons. The Hall–Kier alpha value is -1.42. The molecule has 1 N–H and O–H groups in total. The van der Waals surface area contributed by atoms with Crippen LogP contribution in [0.1, 0.15) is 17.5 Å². The Morgan fingerprint density at radius 2 is 2.40 bits per heavy atom. The SMILES string of the molecule is COC(=O)CCNCc1cnccc1C. The van der Waals surface area contributed by atoms with E-state index in [1.807, 2.05) is 19.2 Å². The molecule has 0 fully saturated rings. The first kappa shape index (κ1) is 11.7. The van der Waals surface area contributed by atoms with Crippen LogP contribution in [0.15, 0.2) is 18.5 Å². The molecule has 15 heavy (non-hydrogen) atoms. The van der Waals surface area contributed by atoms with Crippen molar-refractivity contribution >= 4 is 5.97 Å². The van der Waals surface area contributed by atoms with Gasteiger partial charge in [-0.15, -0.1) is 0 Å². The Kier molecular flexibility index (Phi) is 4.77. The van der Waals surface area contributed by atoms with Crippen molar-refractivity contribution in [2.75, 3.05) is 13.7 Å². The molecule has 0 bridgehead atoms. The number of hydrogen-bond acceptors (Lipinski definition) is 4. The van der Waals surface area contributed by atoms with Crippen LogP contribution < -0.4 is 5.32 Å². The fraction of sp³-hybridized carbons (Fsp3) is 0.455. The second-order valence-electron chi connectivity index (χ2n) is 3.31. The van der Waals surface area contributed by atoms with Gasteiger partial charge in [-0.25, -0.2) is 0 Å². The Morgan fingerprint density at radius 3 is 3.07 bits per heavy atom. The van der Waals surface area contributed by atoms with Crippen LogP contribution in [0.3, 0.4) is 0 Å². The van der Waals surface area contributed by atoms with Crippen molar-refractivity contribution in [1.29, 1.82) is 0 Å². The molecular weight excluding hydrogens is 192 g/mol. The first-order valence-corrected chi connectivity index (χ1v) is 4.91. The largest absolute Gasteiger partial charge is 0.469 e. The lowest BCUT2D eigenvalue weighted by Crippen LogP contribution is -2.19. The third kappa shape index (κ3) is 4.08. The van der Waals surface area contributed by atoms with Crippen molar-refractivity contribution in [1.82, 2.24) is 10.3 Å². The van der Waals surface area contributed by atoms with E-state index in [0.29, 0.717) is 13.0 Å². The van der Waals surface area contributed by atoms with Crippen molar-refractivity contribution in [3.8, 4) is 0 Å². The number of methoxy groups -OCH3 is 1. The topological polar surface area (TPSA) is 51.2 Å². The summed E-state index contributed by atoms with van der Waals surface area (Å²) in [6.45, 7) is 3.40. The lowest BCUT2D eigenvalue weighted by molar-refractivity contribution is -0.140. The van der Waals surface area contributed by atoms with Gasteiger partial charge in [-0.05, 0) is 24.1 Å². The zero-order chi connectivity index (χ0) is 11.1. The molecular formula is C11H16N2O2. The van der Waals surface area contributed by atoms with E-state index in [-0.39, 0.29) is 5.97 Å². The molecule has 1 rings (SSSR count). The summed E-state index contributed by atoms with van der Waals surface area (Å²) in [6, 6.07) is 1.97. The van der Waals surface area contributed by atoms with Crippen LogP contribution in [-0.2, 0) is 16.1 Å². The second kappa shape index (κ2) is 6.14. The van der Waals surface area contributed by atoms with Crippen molar-refractivity contribution < 1.29 is 9.53 Å². The number of esters is 1. The first-order valence-electron chi connectivity index (χ1n) is 4.91. The highest BCUT2D eigenvalue weighted by molar-refractivity contribution is 5.69. The molecule has 0 spiro atoms. The van der Waals surface area contributed by atoms with E-state index in [1.165, 1.54) is 12.7 Å². The number of ether oxygens (including phenoxy) is 1. The number of pyridine rings is 1. The summed E-state index contributed by atoms with van der Waals surface area (Å²) in [4.78, 5) is 14.9. The highest BCUT2D eigenvalue weighted by Gasteiger charge is 2.00. The summed E-state index contributed by atoms with van der Waals surface area (Å²) in [5.74, 6) is -0.189. The van der Waals surface area contributed by atoms with Gasteiger partial charge in [0.1, 0.15) is 0 Å². The minimum Gasteiger partial charge on any atom is -0.469 e. The highest BCUT2D eigenvalue weighted by atomic mass is 16.5. The van der Waals surface area contributed by atoms with Crippen molar-refractivity contribution in [2.45, 2.75) is 19.9 Å². The molecule has 1 aromatic rings. The zero-order valence-electron chi connectivity index (χ0n) is 9.12. The Morgan fingerprint density at radius 1 is 1.60 bits per heavy atom. The van der Waals surface area contributed by atoms with Crippen LogP contribution in [0.4, 0.5) is 0 Å². The number of carbonyl (C=O) groups excluding carboxylic acids is 1. The molecule has 4 nitrogen and oxygen atoms in total. The van der Waals surface area contributed by atoms with E-state index >= 15 is 0 Å². The molecule has 0 aliphatic rings. The van der Waals surface area contributed by atoms with Gasteiger partial charge in [-0.3, -0.25) is 9.78 Å². The summed E-state index contributed by atoms with van der Waals surface area (Å²) in [6.07, 6.45) is 4.00. The van der Waals surface area contributed by atoms with E-state index in [0.717, 1.165) is 12.1 Å². The number of nitrogens with one attached hydrogen (secondary N) is 1. The molecule has 82 valence electrons. The molecule has 0 aliphatic carbocycles. The number of rotatable bonds is 5. The molecule has 0 amide bonds. The van der Waals surface area contributed by atoms with Gasteiger partial charge in [0.25, 0.3) is 0 Å². The minimum absolute atomic E-state index is 0.189. The maximum absolute atomic E-state index is 10.8. The monoisotopic (exact) mass is 208 g/mol. The van der Waals surface area contributed by atoms with E-state index in [4.69, 9.17) is 0 Å². The van der Waals surface area contributed by atoms with Crippen molar-refractivity contribution in [3.63, 3.8) is 0 Å². The van der Waals surface area contributed by atoms with Gasteiger partial charge in [0.05, 0.1) is 13.5 Å². The first-order chi connectivity index (χ1) is 7.24. The maximum Gasteiger partial charge on any atom is 0.306 e. The predicted molar refractivity (Wildman–Crippen MR) is 57.3 cm³/mol. The Balaban J connectivity index is 2.26. The van der Waals surface area contributed by atoms with E-state index in [2.05, 4.69) is 15.0 Å². The smallest absolute Gasteiger partial charge is 0.306 e. The summed E-state index contributed by atoms with van der Waals surface area (Å²) in [5, 5.41) is 3.17. The number of nitrogens with zero attached hydrogens (tertiary/aromatic N) is 1. The van der Waals surface area contributed by atoms with Gasteiger partial charge < -0.3 is 10.1 Å². The van der Waals surface area contributed by atoms with Gasteiger partial charge >= 0.3 is 5.97 Å². The average molecular weight is 208 g/mol. The quantitative estimate of drug-likeness (QED) is 0.580. The third-order valence-electron chi connectivity index (χ3n) is 2.20. The third-order valence-corrected chi connectivity index (χ3v) is 2.20. The van der Waals surface area contributed by atoms with Gasteiger partial charge in [-0.1, -0.05) is 0 Å². The van der Waals surface area contributed by atoms with Crippen LogP contribution in [0.25, 0.3) is 0 Å². The number of carbonyl (C=O) groups is 1. The van der Waals surface area contributed by atoms with E-state index in [1.54, 1.807) is 6.20 Å². The molecule has 1 aromatic heterocycles. The van der Waals surface area contributed by atoms with Crippen molar-refractivity contribution in [2.24, 2.45) is 0 Å². The van der Waals surface area contributed by atoms with E-state index < -0.39 is 0 Å². The maximum atomic E-state index is 10.8. The fourth-order valence-electron chi connectivity index (χ4n) is 1.20. The van der Waals surface area contributed by atoms with Crippen LogP contribution in [0.2, 0.25) is 0 Å². The summed E-state index contributed by atoms with van der Waals surface area (Å²) in [5.41, 5.74) is 2.36. The normalized spacial score (nSPS) is 10.0. The zero-order valence-corrected chi connectivity index (χ0v) is 9.12. The summed E-state index contributed by atoms with van der Waals surface area (Å²) >= 11 is 0. The Labute approximate surface area is 89.7 Å². The molecule has 1 heterocycles. The fourth-order valence-corrected chi connectivity index (χ4v) is 1.20. The van der Waals surface area contributed by atoms with Crippen molar-refractivity contribution in [3.05, 3.63) is 29.6 Å². The summed E-state index contributed by atoms with van der Waals surface area (Å²) in [7, 11) is 1.40. The summed E-state index contributed by atoms with van der Waals surface area (Å²) < 4.78 is 4.53. The second-order valence-corrected chi connectivity index (χ2v) is 3.31. The number of aryl methyl sites for hydroxylation is 1. The molecule has 4 heteroatoms. The van der Waals surface area contributed by atoms with Crippen LogP contribution in [0.5, 0.6) is 0 Å². The van der Waals surface area contributed by atoms with Crippen LogP contribution in [0, 0.1) is 6.92 Å². The Bertz CT molecular complexity index is 326. The van der Waals surface area contributed by atoms with Crippen LogP contribution >= 0.6 is 0 Å². The van der Waals surface area contributed by atoms with E-state index in [9.17, 15) is 4.79 Å². The van der Waals surface area contributed by atoms with Gasteiger partial charge in [-0.2, -0.15) is 0 Å². The average Bonchev–Trinajstić information content (AvgIpc) is 2.26. The molecule has 0 atom stereocenters. The molecule has 0 aromatic carbocycles. The highest BCUT2D eigenvalue weighted by Crippen LogP contribution is 2.03. The number of aromatic nitrogens is 1. The lowest BCUT2D eigenvalue weighted by Gasteiger charge is -2.06. The van der Waals surface area contributed by atoms with Gasteiger partial charge in [0, 0.05) is 25.5 Å². The molecule has 0 aliphatic heterocycles. The lowest BCUT2D eigenvalue weighted by atomic mass is 10.1. The molecule has 0 saturated heterocycles.